The van der Waals surface area contributed by atoms with Gasteiger partial charge in [0.25, 0.3) is 5.91 Å². The van der Waals surface area contributed by atoms with Crippen LogP contribution < -0.4 is 10.1 Å². The zero-order chi connectivity index (χ0) is 15.9. The molecule has 3 aromatic rings. The van der Waals surface area contributed by atoms with Crippen LogP contribution in [0.4, 0.5) is 0 Å². The van der Waals surface area contributed by atoms with Crippen LogP contribution in [0, 0.1) is 0 Å². The zero-order valence-electron chi connectivity index (χ0n) is 12.3. The van der Waals surface area contributed by atoms with Crippen molar-refractivity contribution >= 4 is 5.91 Å². The van der Waals surface area contributed by atoms with Gasteiger partial charge in [-0.2, -0.15) is 0 Å². The predicted molar refractivity (Wildman–Crippen MR) is 84.0 cm³/mol. The van der Waals surface area contributed by atoms with Gasteiger partial charge in [0.1, 0.15) is 12.3 Å². The van der Waals surface area contributed by atoms with Crippen LogP contribution in [0.15, 0.2) is 65.3 Å². The first-order chi connectivity index (χ1) is 11.3. The molecule has 23 heavy (non-hydrogen) atoms. The summed E-state index contributed by atoms with van der Waals surface area (Å²) in [4.78, 5) is 11.8. The minimum Gasteiger partial charge on any atom is -0.475 e. The molecule has 0 atom stereocenters. The summed E-state index contributed by atoms with van der Waals surface area (Å²) in [6, 6.07) is 16.1. The maximum Gasteiger partial charge on any atom is 0.251 e. The van der Waals surface area contributed by atoms with Gasteiger partial charge in [-0.3, -0.25) is 4.79 Å². The van der Waals surface area contributed by atoms with Crippen molar-refractivity contribution in [1.29, 1.82) is 0 Å². The second-order valence-corrected chi connectivity index (χ2v) is 4.70. The van der Waals surface area contributed by atoms with E-state index in [1.165, 1.54) is 0 Å². The molecule has 0 saturated heterocycles. The number of aromatic nitrogens is 2. The van der Waals surface area contributed by atoms with Crippen LogP contribution >= 0.6 is 0 Å². The van der Waals surface area contributed by atoms with E-state index < -0.39 is 0 Å². The van der Waals surface area contributed by atoms with Crippen LogP contribution in [0.25, 0.3) is 11.5 Å². The molecule has 0 spiro atoms. The van der Waals surface area contributed by atoms with Crippen LogP contribution in [0.5, 0.6) is 5.88 Å². The number of nitrogens with one attached hydrogen (secondary N) is 1. The van der Waals surface area contributed by atoms with Crippen molar-refractivity contribution in [1.82, 2.24) is 15.5 Å². The van der Waals surface area contributed by atoms with Crippen LogP contribution in [-0.4, -0.2) is 29.3 Å². The average Bonchev–Trinajstić information content (AvgIpc) is 3.14. The smallest absolute Gasteiger partial charge is 0.251 e. The minimum atomic E-state index is -0.131. The fraction of sp³-hybridized carbons (Fsp3) is 0.118. The molecule has 0 radical (unpaired) electrons. The molecule has 1 N–H and O–H groups in total. The molecular weight excluding hydrogens is 294 g/mol. The predicted octanol–water partition coefficient (Wildman–Crippen LogP) is 2.55. The Morgan fingerprint density at radius 2 is 1.91 bits per heavy atom. The Morgan fingerprint density at radius 3 is 2.61 bits per heavy atom. The number of benzene rings is 1. The first-order valence-electron chi connectivity index (χ1n) is 7.16. The standard InChI is InChI=1S/C17H15N3O3/c21-17(13-5-2-1-3-6-13)18-10-12-23-16-9-8-14(19-20-16)15-7-4-11-22-15/h1-9,11H,10,12H2,(H,18,21). The van der Waals surface area contributed by atoms with E-state index in [1.807, 2.05) is 24.3 Å². The lowest BCUT2D eigenvalue weighted by Crippen LogP contribution is -2.28. The topological polar surface area (TPSA) is 77.2 Å². The van der Waals surface area contributed by atoms with Gasteiger partial charge in [-0.25, -0.2) is 0 Å². The summed E-state index contributed by atoms with van der Waals surface area (Å²) in [6.07, 6.45) is 1.58. The summed E-state index contributed by atoms with van der Waals surface area (Å²) >= 11 is 0. The number of furan rings is 1. The molecule has 0 fully saturated rings. The van der Waals surface area contributed by atoms with Crippen molar-refractivity contribution in [2.24, 2.45) is 0 Å². The Balaban J connectivity index is 1.45. The van der Waals surface area contributed by atoms with Gasteiger partial charge in [-0.05, 0) is 30.3 Å². The number of rotatable bonds is 6. The highest BCUT2D eigenvalue weighted by Crippen LogP contribution is 2.17. The summed E-state index contributed by atoms with van der Waals surface area (Å²) in [6.45, 7) is 0.697. The van der Waals surface area contributed by atoms with Crippen molar-refractivity contribution in [3.05, 3.63) is 66.4 Å². The third-order valence-corrected chi connectivity index (χ3v) is 3.09. The maximum absolute atomic E-state index is 11.8. The van der Waals surface area contributed by atoms with Gasteiger partial charge < -0.3 is 14.5 Å². The Hall–Kier alpha value is -3.15. The molecule has 6 nitrogen and oxygen atoms in total. The van der Waals surface area contributed by atoms with Gasteiger partial charge in [0, 0.05) is 11.6 Å². The number of hydrogen-bond acceptors (Lipinski definition) is 5. The molecule has 0 saturated carbocycles. The monoisotopic (exact) mass is 309 g/mol. The lowest BCUT2D eigenvalue weighted by atomic mass is 10.2. The number of carbonyl (C=O) groups excluding carboxylic acids is 1. The van der Waals surface area contributed by atoms with Crippen molar-refractivity contribution in [3.63, 3.8) is 0 Å². The van der Waals surface area contributed by atoms with Crippen molar-refractivity contribution in [2.45, 2.75) is 0 Å². The van der Waals surface area contributed by atoms with Crippen molar-refractivity contribution in [3.8, 4) is 17.3 Å². The number of amides is 1. The minimum absolute atomic E-state index is 0.131. The second-order valence-electron chi connectivity index (χ2n) is 4.70. The third kappa shape index (κ3) is 3.94. The summed E-state index contributed by atoms with van der Waals surface area (Å²) in [5.41, 5.74) is 1.26. The lowest BCUT2D eigenvalue weighted by molar-refractivity contribution is 0.0946. The first kappa shape index (κ1) is 14.8. The fourth-order valence-corrected chi connectivity index (χ4v) is 1.96. The highest BCUT2D eigenvalue weighted by atomic mass is 16.5. The quantitative estimate of drug-likeness (QED) is 0.708. The molecule has 3 rings (SSSR count). The number of hydrogen-bond donors (Lipinski definition) is 1. The molecule has 116 valence electrons. The SMILES string of the molecule is O=C(NCCOc1ccc(-c2ccco2)nn1)c1ccccc1. The Labute approximate surface area is 133 Å². The molecule has 2 aromatic heterocycles. The molecule has 0 unspecified atom stereocenters. The van der Waals surface area contributed by atoms with Gasteiger partial charge >= 0.3 is 0 Å². The van der Waals surface area contributed by atoms with Gasteiger partial charge in [-0.1, -0.05) is 18.2 Å². The van der Waals surface area contributed by atoms with Crippen molar-refractivity contribution in [2.75, 3.05) is 13.2 Å². The van der Waals surface area contributed by atoms with Crippen LogP contribution in [0.3, 0.4) is 0 Å². The third-order valence-electron chi connectivity index (χ3n) is 3.09. The Kier molecular flexibility index (Phi) is 4.63. The van der Waals surface area contributed by atoms with Gasteiger partial charge in [0.05, 0.1) is 12.8 Å². The van der Waals surface area contributed by atoms with Crippen molar-refractivity contribution < 1.29 is 13.9 Å². The van der Waals surface area contributed by atoms with Crippen LogP contribution in [0.2, 0.25) is 0 Å². The van der Waals surface area contributed by atoms with E-state index >= 15 is 0 Å². The highest BCUT2D eigenvalue weighted by Gasteiger charge is 2.05. The molecule has 1 amide bonds. The highest BCUT2D eigenvalue weighted by molar-refractivity contribution is 5.94. The van der Waals surface area contributed by atoms with E-state index in [4.69, 9.17) is 9.15 Å². The summed E-state index contributed by atoms with van der Waals surface area (Å²) in [5, 5.41) is 10.8. The Morgan fingerprint density at radius 1 is 1.04 bits per heavy atom. The number of ether oxygens (including phenoxy) is 1. The molecule has 6 heteroatoms. The second kappa shape index (κ2) is 7.22. The van der Waals surface area contributed by atoms with Crippen LogP contribution in [-0.2, 0) is 0 Å². The van der Waals surface area contributed by atoms with E-state index in [-0.39, 0.29) is 5.91 Å². The van der Waals surface area contributed by atoms with Gasteiger partial charge in [0.15, 0.2) is 5.76 Å². The van der Waals surface area contributed by atoms with E-state index in [0.29, 0.717) is 36.0 Å². The maximum atomic E-state index is 11.8. The molecule has 0 aliphatic heterocycles. The Bertz CT molecular complexity index is 741. The molecule has 0 bridgehead atoms. The summed E-state index contributed by atoms with van der Waals surface area (Å²) in [5.74, 6) is 0.918. The molecular formula is C17H15N3O3. The molecule has 0 aliphatic carbocycles. The lowest BCUT2D eigenvalue weighted by Gasteiger charge is -2.07. The molecule has 1 aromatic carbocycles. The fourth-order valence-electron chi connectivity index (χ4n) is 1.96. The zero-order valence-corrected chi connectivity index (χ0v) is 12.3. The number of nitrogens with zero attached hydrogens (tertiary/aromatic N) is 2. The van der Waals surface area contributed by atoms with Crippen LogP contribution in [0.1, 0.15) is 10.4 Å². The normalized spacial score (nSPS) is 10.3. The van der Waals surface area contributed by atoms with E-state index in [9.17, 15) is 4.79 Å². The van der Waals surface area contributed by atoms with E-state index in [2.05, 4.69) is 15.5 Å². The van der Waals surface area contributed by atoms with E-state index in [1.54, 1.807) is 36.6 Å². The van der Waals surface area contributed by atoms with Gasteiger partial charge in [0.2, 0.25) is 5.88 Å². The van der Waals surface area contributed by atoms with E-state index in [0.717, 1.165) is 0 Å². The van der Waals surface area contributed by atoms with Gasteiger partial charge in [-0.15, -0.1) is 10.2 Å². The molecule has 0 aliphatic rings. The number of carbonyl (C=O) groups is 1. The largest absolute Gasteiger partial charge is 0.475 e. The average molecular weight is 309 g/mol. The summed E-state index contributed by atoms with van der Waals surface area (Å²) in [7, 11) is 0. The first-order valence-corrected chi connectivity index (χ1v) is 7.16. The summed E-state index contributed by atoms with van der Waals surface area (Å²) < 4.78 is 10.7. The molecule has 2 heterocycles.